The number of halogens is 1. The molecule has 0 bridgehead atoms. The van der Waals surface area contributed by atoms with Crippen LogP contribution in [0.25, 0.3) is 0 Å². The monoisotopic (exact) mass is 581 g/mol. The van der Waals surface area contributed by atoms with Crippen LogP contribution in [0.15, 0.2) is 29.2 Å². The van der Waals surface area contributed by atoms with E-state index in [9.17, 15) is 13.2 Å². The molecule has 0 N–H and O–H groups in total. The van der Waals surface area contributed by atoms with Gasteiger partial charge in [0.15, 0.2) is 5.79 Å². The predicted molar refractivity (Wildman–Crippen MR) is 146 cm³/mol. The lowest BCUT2D eigenvalue weighted by atomic mass is 9.96. The summed E-state index contributed by atoms with van der Waals surface area (Å²) in [5.74, 6) is 0.0224. The summed E-state index contributed by atoms with van der Waals surface area (Å²) in [5, 5.41) is 0.502. The Labute approximate surface area is 236 Å². The van der Waals surface area contributed by atoms with E-state index in [2.05, 4.69) is 4.90 Å². The molecule has 2 atom stereocenters. The maximum absolute atomic E-state index is 13.8. The van der Waals surface area contributed by atoms with Crippen LogP contribution in [-0.2, 0) is 24.2 Å². The fourth-order valence-electron chi connectivity index (χ4n) is 6.96. The fourth-order valence-corrected chi connectivity index (χ4v) is 9.00. The molecule has 0 radical (unpaired) electrons. The molecule has 1 aromatic carbocycles. The van der Waals surface area contributed by atoms with E-state index in [-0.39, 0.29) is 35.5 Å². The number of ether oxygens (including phenoxy) is 3. The number of piperidine rings is 3. The van der Waals surface area contributed by atoms with Crippen molar-refractivity contribution in [2.75, 3.05) is 46.0 Å². The molecule has 4 saturated heterocycles. The van der Waals surface area contributed by atoms with Gasteiger partial charge in [0.25, 0.3) is 0 Å². The number of carbonyl (C=O) groups is 1. The maximum atomic E-state index is 13.8. The molecule has 1 unspecified atom stereocenters. The number of nitrogens with zero attached hydrogens (tertiary/aromatic N) is 3. The number of benzene rings is 1. The zero-order valence-electron chi connectivity index (χ0n) is 22.5. The first kappa shape index (κ1) is 27.7. The minimum Gasteiger partial charge on any atom is -0.448 e. The van der Waals surface area contributed by atoms with E-state index in [1.54, 1.807) is 33.5 Å². The van der Waals surface area contributed by atoms with Crippen LogP contribution in [0, 0.1) is 5.92 Å². The number of amides is 1. The fraction of sp³-hybridized carbons (Fsp3) is 0.750. The van der Waals surface area contributed by atoms with Crippen molar-refractivity contribution in [3.63, 3.8) is 0 Å². The van der Waals surface area contributed by atoms with Gasteiger partial charge >= 0.3 is 6.09 Å². The molecule has 0 aromatic heterocycles. The highest BCUT2D eigenvalue weighted by Gasteiger charge is 2.47. The molecule has 4 aliphatic heterocycles. The third kappa shape index (κ3) is 5.97. The Hall–Kier alpha value is -1.43. The molecule has 1 saturated carbocycles. The Morgan fingerprint density at radius 2 is 1.62 bits per heavy atom. The third-order valence-electron chi connectivity index (χ3n) is 9.29. The smallest absolute Gasteiger partial charge is 0.409 e. The van der Waals surface area contributed by atoms with E-state index in [0.29, 0.717) is 49.7 Å². The van der Waals surface area contributed by atoms with E-state index in [0.717, 1.165) is 64.5 Å². The lowest BCUT2D eigenvalue weighted by Crippen LogP contribution is -2.54. The summed E-state index contributed by atoms with van der Waals surface area (Å²) in [6.45, 7) is 4.68. The number of rotatable bonds is 6. The van der Waals surface area contributed by atoms with Gasteiger partial charge in [-0.3, -0.25) is 4.90 Å². The van der Waals surface area contributed by atoms with Crippen LogP contribution in [0.3, 0.4) is 0 Å². The lowest BCUT2D eigenvalue weighted by molar-refractivity contribution is -0.188. The third-order valence-corrected chi connectivity index (χ3v) is 11.5. The highest BCUT2D eigenvalue weighted by Crippen LogP contribution is 2.43. The second-order valence-electron chi connectivity index (χ2n) is 11.7. The van der Waals surface area contributed by atoms with Crippen molar-refractivity contribution in [1.29, 1.82) is 0 Å². The van der Waals surface area contributed by atoms with Gasteiger partial charge in [-0.1, -0.05) is 18.0 Å². The molecule has 1 aliphatic carbocycles. The largest absolute Gasteiger partial charge is 0.448 e. The molecule has 216 valence electrons. The summed E-state index contributed by atoms with van der Waals surface area (Å²) in [7, 11) is -3.74. The van der Waals surface area contributed by atoms with E-state index in [1.807, 2.05) is 0 Å². The number of hydrogen-bond donors (Lipinski definition) is 0. The van der Waals surface area contributed by atoms with Crippen molar-refractivity contribution < 1.29 is 27.4 Å². The summed E-state index contributed by atoms with van der Waals surface area (Å²) in [6.07, 6.45) is 7.86. The standard InChI is InChI=1S/C28H40ClN3O6S/c29-22-6-8-25(9-7-22)39(34,35)32-24(2-1-3-26(32)21-4-5-21)20-36-27(33)31-14-10-23(11-15-31)30-16-12-28(13-17-30)37-18-19-38-28/h6-9,21,23-24,26H,1-5,10-20H2/t24?,26-/m0/s1. The van der Waals surface area contributed by atoms with Gasteiger partial charge in [-0.2, -0.15) is 4.31 Å². The molecule has 1 aromatic rings. The Kier molecular flexibility index (Phi) is 8.14. The summed E-state index contributed by atoms with van der Waals surface area (Å²) in [6, 6.07) is 6.42. The SMILES string of the molecule is O=C(OCC1CCC[C@@H](C2CC2)N1S(=O)(=O)c1ccc(Cl)cc1)N1CCC(N2CCC3(CC2)OCCO3)CC1. The molecule has 4 heterocycles. The van der Waals surface area contributed by atoms with Gasteiger partial charge in [-0.05, 0) is 68.7 Å². The number of hydrogen-bond acceptors (Lipinski definition) is 7. The van der Waals surface area contributed by atoms with E-state index < -0.39 is 10.0 Å². The molecular formula is C28H40ClN3O6S. The Morgan fingerprint density at radius 3 is 2.26 bits per heavy atom. The molecule has 11 heteroatoms. The summed E-state index contributed by atoms with van der Waals surface area (Å²) in [4.78, 5) is 17.6. The highest BCUT2D eigenvalue weighted by atomic mass is 35.5. The Bertz CT molecular complexity index is 1110. The first-order chi connectivity index (χ1) is 18.8. The zero-order valence-corrected chi connectivity index (χ0v) is 24.1. The highest BCUT2D eigenvalue weighted by molar-refractivity contribution is 7.89. The van der Waals surface area contributed by atoms with Crippen molar-refractivity contribution in [3.8, 4) is 0 Å². The number of carbonyl (C=O) groups excluding carboxylic acids is 1. The van der Waals surface area contributed by atoms with Gasteiger partial charge in [0.2, 0.25) is 10.0 Å². The van der Waals surface area contributed by atoms with Gasteiger partial charge in [0.1, 0.15) is 6.61 Å². The van der Waals surface area contributed by atoms with Crippen molar-refractivity contribution in [1.82, 2.24) is 14.1 Å². The zero-order chi connectivity index (χ0) is 27.0. The first-order valence-electron chi connectivity index (χ1n) is 14.6. The van der Waals surface area contributed by atoms with Crippen LogP contribution in [0.1, 0.15) is 57.8 Å². The predicted octanol–water partition coefficient (Wildman–Crippen LogP) is 4.10. The van der Waals surface area contributed by atoms with Gasteiger partial charge in [-0.15, -0.1) is 0 Å². The van der Waals surface area contributed by atoms with Crippen molar-refractivity contribution in [2.45, 2.75) is 86.6 Å². The van der Waals surface area contributed by atoms with Crippen LogP contribution in [0.5, 0.6) is 0 Å². The maximum Gasteiger partial charge on any atom is 0.409 e. The Balaban J connectivity index is 1.04. The average Bonchev–Trinajstić information content (AvgIpc) is 3.72. The van der Waals surface area contributed by atoms with Crippen molar-refractivity contribution >= 4 is 27.7 Å². The summed E-state index contributed by atoms with van der Waals surface area (Å²) in [5.41, 5.74) is 0. The van der Waals surface area contributed by atoms with Crippen LogP contribution < -0.4 is 0 Å². The normalized spacial score (nSPS) is 29.1. The molecular weight excluding hydrogens is 542 g/mol. The molecule has 5 fully saturated rings. The van der Waals surface area contributed by atoms with Crippen molar-refractivity contribution in [2.24, 2.45) is 5.92 Å². The van der Waals surface area contributed by atoms with Gasteiger partial charge < -0.3 is 19.1 Å². The van der Waals surface area contributed by atoms with E-state index in [4.69, 9.17) is 25.8 Å². The summed E-state index contributed by atoms with van der Waals surface area (Å²) < 4.78 is 46.7. The molecule has 9 nitrogen and oxygen atoms in total. The van der Waals surface area contributed by atoms with Gasteiger partial charge in [0, 0.05) is 56.1 Å². The molecule has 1 spiro atoms. The number of sulfonamides is 1. The van der Waals surface area contributed by atoms with E-state index >= 15 is 0 Å². The van der Waals surface area contributed by atoms with Gasteiger partial charge in [-0.25, -0.2) is 13.2 Å². The summed E-state index contributed by atoms with van der Waals surface area (Å²) >= 11 is 6.02. The molecule has 6 rings (SSSR count). The average molecular weight is 582 g/mol. The topological polar surface area (TPSA) is 88.6 Å². The minimum absolute atomic E-state index is 0.0393. The van der Waals surface area contributed by atoms with E-state index in [1.165, 1.54) is 0 Å². The van der Waals surface area contributed by atoms with Crippen LogP contribution >= 0.6 is 11.6 Å². The molecule has 5 aliphatic rings. The van der Waals surface area contributed by atoms with Gasteiger partial charge in [0.05, 0.1) is 24.2 Å². The Morgan fingerprint density at radius 1 is 0.949 bits per heavy atom. The number of likely N-dealkylation sites (tertiary alicyclic amines) is 2. The first-order valence-corrected chi connectivity index (χ1v) is 16.4. The molecule has 39 heavy (non-hydrogen) atoms. The van der Waals surface area contributed by atoms with Crippen LogP contribution in [0.4, 0.5) is 4.79 Å². The van der Waals surface area contributed by atoms with Crippen LogP contribution in [-0.4, -0.2) is 98.5 Å². The second-order valence-corrected chi connectivity index (χ2v) is 14.0. The van der Waals surface area contributed by atoms with Crippen LogP contribution in [0.2, 0.25) is 5.02 Å². The lowest BCUT2D eigenvalue weighted by Gasteiger charge is -2.44. The molecule has 1 amide bonds. The van der Waals surface area contributed by atoms with Crippen molar-refractivity contribution in [3.05, 3.63) is 29.3 Å². The quantitative estimate of drug-likeness (QED) is 0.500. The second kappa shape index (κ2) is 11.4. The minimum atomic E-state index is -3.74.